The zero-order valence-corrected chi connectivity index (χ0v) is 12.5. The Bertz CT molecular complexity index is 452. The summed E-state index contributed by atoms with van der Waals surface area (Å²) in [4.78, 5) is 14.3. The molecule has 1 aromatic rings. The molecule has 106 valence electrons. The van der Waals surface area contributed by atoms with Crippen molar-refractivity contribution < 1.29 is 4.74 Å². The monoisotopic (exact) mass is 285 g/mol. The van der Waals surface area contributed by atoms with E-state index in [1.807, 2.05) is 14.1 Å². The van der Waals surface area contributed by atoms with Crippen LogP contribution in [-0.4, -0.2) is 47.3 Å². The molecular weight excluding hydrogens is 266 g/mol. The van der Waals surface area contributed by atoms with Gasteiger partial charge in [-0.1, -0.05) is 0 Å². The molecule has 1 aliphatic rings. The lowest BCUT2D eigenvalue weighted by molar-refractivity contribution is -0.0553. The molecule has 0 radical (unpaired) electrons. The highest BCUT2D eigenvalue weighted by Crippen LogP contribution is 2.26. The van der Waals surface area contributed by atoms with E-state index in [1.165, 1.54) is 0 Å². The van der Waals surface area contributed by atoms with Crippen LogP contribution in [0.4, 0.5) is 11.9 Å². The molecule has 1 aliphatic heterocycles. The first-order chi connectivity index (χ1) is 8.85. The van der Waals surface area contributed by atoms with Crippen LogP contribution in [0.2, 0.25) is 5.28 Å². The van der Waals surface area contributed by atoms with E-state index < -0.39 is 0 Å². The van der Waals surface area contributed by atoms with Gasteiger partial charge >= 0.3 is 0 Å². The third kappa shape index (κ3) is 3.91. The summed E-state index contributed by atoms with van der Waals surface area (Å²) in [5.41, 5.74) is -0.114. The fraction of sp³-hybridized carbons (Fsp3) is 0.750. The van der Waals surface area contributed by atoms with Gasteiger partial charge in [-0.15, -0.1) is 0 Å². The van der Waals surface area contributed by atoms with Crippen LogP contribution in [0.15, 0.2) is 0 Å². The second kappa shape index (κ2) is 5.46. The van der Waals surface area contributed by atoms with E-state index in [1.54, 1.807) is 4.90 Å². The molecule has 1 N–H and O–H groups in total. The molecule has 2 heterocycles. The third-order valence-corrected chi connectivity index (χ3v) is 3.20. The van der Waals surface area contributed by atoms with E-state index in [0.717, 1.165) is 19.4 Å². The molecule has 1 fully saturated rings. The smallest absolute Gasteiger partial charge is 0.230 e. The molecule has 1 aromatic heterocycles. The summed E-state index contributed by atoms with van der Waals surface area (Å²) in [7, 11) is 3.74. The lowest BCUT2D eigenvalue weighted by Gasteiger charge is -2.35. The normalized spacial score (nSPS) is 22.1. The van der Waals surface area contributed by atoms with Crippen molar-refractivity contribution in [3.8, 4) is 0 Å². The molecule has 0 aromatic carbocycles. The Hall–Kier alpha value is -1.14. The molecular formula is C12H20ClN5O. The minimum absolute atomic E-state index is 0.114. The molecule has 0 saturated carbocycles. The number of hydrogen-bond donors (Lipinski definition) is 1. The maximum atomic E-state index is 5.91. The van der Waals surface area contributed by atoms with Gasteiger partial charge < -0.3 is 15.0 Å². The van der Waals surface area contributed by atoms with E-state index in [0.29, 0.717) is 11.9 Å². The summed E-state index contributed by atoms with van der Waals surface area (Å²) in [5, 5.41) is 3.52. The first-order valence-corrected chi connectivity index (χ1v) is 6.73. The Morgan fingerprint density at radius 3 is 2.68 bits per heavy atom. The minimum Gasteiger partial charge on any atom is -0.375 e. The fourth-order valence-electron chi connectivity index (χ4n) is 2.14. The highest BCUT2D eigenvalue weighted by Gasteiger charge is 2.29. The largest absolute Gasteiger partial charge is 0.375 e. The van der Waals surface area contributed by atoms with Gasteiger partial charge in [0.1, 0.15) is 0 Å². The number of hydrogen-bond acceptors (Lipinski definition) is 6. The Balaban J connectivity index is 2.10. The van der Waals surface area contributed by atoms with Gasteiger partial charge in [0.05, 0.1) is 5.60 Å². The van der Waals surface area contributed by atoms with Crippen LogP contribution in [0, 0.1) is 0 Å². The standard InChI is InChI=1S/C12H20ClN5O/c1-12(2)7-8(5-6-19-12)14-10-15-9(13)16-11(17-10)18(3)4/h8H,5-7H2,1-4H3,(H,14,15,16,17). The molecule has 0 aliphatic carbocycles. The summed E-state index contributed by atoms with van der Waals surface area (Å²) in [6.07, 6.45) is 1.84. The number of anilines is 2. The third-order valence-electron chi connectivity index (χ3n) is 3.03. The first kappa shape index (κ1) is 14.3. The first-order valence-electron chi connectivity index (χ1n) is 6.35. The number of rotatable bonds is 3. The SMILES string of the molecule is CN(C)c1nc(Cl)nc(NC2CCOC(C)(C)C2)n1. The second-order valence-electron chi connectivity index (χ2n) is 5.56. The Kier molecular flexibility index (Phi) is 4.10. The highest BCUT2D eigenvalue weighted by molar-refractivity contribution is 6.28. The van der Waals surface area contributed by atoms with E-state index >= 15 is 0 Å². The molecule has 0 spiro atoms. The fourth-order valence-corrected chi connectivity index (χ4v) is 2.30. The predicted octanol–water partition coefficient (Wildman–Crippen LogP) is 1.96. The zero-order valence-electron chi connectivity index (χ0n) is 11.8. The molecule has 0 bridgehead atoms. The topological polar surface area (TPSA) is 63.2 Å². The van der Waals surface area contributed by atoms with Crippen LogP contribution in [0.25, 0.3) is 0 Å². The van der Waals surface area contributed by atoms with E-state index in [-0.39, 0.29) is 16.9 Å². The molecule has 0 amide bonds. The Morgan fingerprint density at radius 2 is 2.05 bits per heavy atom. The van der Waals surface area contributed by atoms with Gasteiger partial charge in [0.15, 0.2) is 0 Å². The van der Waals surface area contributed by atoms with Gasteiger partial charge in [0.25, 0.3) is 0 Å². The molecule has 7 heteroatoms. The van der Waals surface area contributed by atoms with Gasteiger partial charge in [0, 0.05) is 26.7 Å². The zero-order chi connectivity index (χ0) is 14.0. The summed E-state index contributed by atoms with van der Waals surface area (Å²) < 4.78 is 5.69. The van der Waals surface area contributed by atoms with Crippen molar-refractivity contribution in [1.82, 2.24) is 15.0 Å². The van der Waals surface area contributed by atoms with Crippen molar-refractivity contribution in [2.24, 2.45) is 0 Å². The molecule has 1 saturated heterocycles. The van der Waals surface area contributed by atoms with Crippen LogP contribution >= 0.6 is 11.6 Å². The molecule has 1 unspecified atom stereocenters. The number of nitrogens with zero attached hydrogens (tertiary/aromatic N) is 4. The molecule has 6 nitrogen and oxygen atoms in total. The lowest BCUT2D eigenvalue weighted by atomic mass is 9.94. The quantitative estimate of drug-likeness (QED) is 0.916. The Labute approximate surface area is 118 Å². The predicted molar refractivity (Wildman–Crippen MR) is 75.8 cm³/mol. The van der Waals surface area contributed by atoms with Crippen LogP contribution in [0.3, 0.4) is 0 Å². The molecule has 1 atom stereocenters. The van der Waals surface area contributed by atoms with E-state index in [4.69, 9.17) is 16.3 Å². The van der Waals surface area contributed by atoms with Crippen LogP contribution in [0.5, 0.6) is 0 Å². The van der Waals surface area contributed by atoms with Crippen LogP contribution < -0.4 is 10.2 Å². The molecule has 19 heavy (non-hydrogen) atoms. The van der Waals surface area contributed by atoms with Gasteiger partial charge in [-0.3, -0.25) is 0 Å². The average molecular weight is 286 g/mol. The van der Waals surface area contributed by atoms with Crippen molar-refractivity contribution >= 4 is 23.5 Å². The number of halogens is 1. The van der Waals surface area contributed by atoms with Crippen LogP contribution in [0.1, 0.15) is 26.7 Å². The second-order valence-corrected chi connectivity index (χ2v) is 5.90. The Morgan fingerprint density at radius 1 is 1.32 bits per heavy atom. The van der Waals surface area contributed by atoms with E-state index in [9.17, 15) is 0 Å². The average Bonchev–Trinajstić information content (AvgIpc) is 2.26. The summed E-state index contributed by atoms with van der Waals surface area (Å²) >= 11 is 5.91. The number of aromatic nitrogens is 3. The van der Waals surface area contributed by atoms with Crippen molar-refractivity contribution in [2.45, 2.75) is 38.3 Å². The molecule has 2 rings (SSSR count). The highest BCUT2D eigenvalue weighted by atomic mass is 35.5. The van der Waals surface area contributed by atoms with Gasteiger partial charge in [-0.2, -0.15) is 15.0 Å². The number of ether oxygens (including phenoxy) is 1. The van der Waals surface area contributed by atoms with Crippen LogP contribution in [-0.2, 0) is 4.74 Å². The minimum atomic E-state index is -0.114. The van der Waals surface area contributed by atoms with Crippen molar-refractivity contribution in [3.63, 3.8) is 0 Å². The maximum absolute atomic E-state index is 5.91. The number of nitrogens with one attached hydrogen (secondary N) is 1. The maximum Gasteiger partial charge on any atom is 0.230 e. The van der Waals surface area contributed by atoms with E-state index in [2.05, 4.69) is 34.1 Å². The van der Waals surface area contributed by atoms with Crippen molar-refractivity contribution in [3.05, 3.63) is 5.28 Å². The van der Waals surface area contributed by atoms with Crippen molar-refractivity contribution in [2.75, 3.05) is 30.9 Å². The summed E-state index contributed by atoms with van der Waals surface area (Å²) in [5.74, 6) is 1.07. The van der Waals surface area contributed by atoms with Crippen molar-refractivity contribution in [1.29, 1.82) is 0 Å². The summed E-state index contributed by atoms with van der Waals surface area (Å²) in [6, 6.07) is 0.289. The van der Waals surface area contributed by atoms with Gasteiger partial charge in [0.2, 0.25) is 17.2 Å². The summed E-state index contributed by atoms with van der Waals surface area (Å²) in [6.45, 7) is 4.92. The lowest BCUT2D eigenvalue weighted by Crippen LogP contribution is -2.40. The van der Waals surface area contributed by atoms with Gasteiger partial charge in [-0.25, -0.2) is 0 Å². The van der Waals surface area contributed by atoms with Gasteiger partial charge in [-0.05, 0) is 38.3 Å².